The fraction of sp³-hybridized carbons (Fsp3) is 0.286. The monoisotopic (exact) mass is 277 g/mol. The Bertz CT molecular complexity index is 646. The van der Waals surface area contributed by atoms with Gasteiger partial charge in [0.15, 0.2) is 11.8 Å². The van der Waals surface area contributed by atoms with E-state index < -0.39 is 17.9 Å². The molecule has 0 fully saturated rings. The third-order valence-corrected chi connectivity index (χ3v) is 2.83. The lowest BCUT2D eigenvalue weighted by molar-refractivity contribution is -0.140. The molecule has 6 nitrogen and oxygen atoms in total. The Hall–Kier alpha value is -2.34. The summed E-state index contributed by atoms with van der Waals surface area (Å²) in [5.74, 6) is -1.66. The van der Waals surface area contributed by atoms with E-state index in [0.29, 0.717) is 5.58 Å². The van der Waals surface area contributed by atoms with E-state index in [9.17, 15) is 9.59 Å². The van der Waals surface area contributed by atoms with E-state index >= 15 is 0 Å². The first-order valence-electron chi connectivity index (χ1n) is 6.04. The summed E-state index contributed by atoms with van der Waals surface area (Å²) in [6, 6.07) is 6.01. The number of ether oxygens (including phenoxy) is 1. The predicted molar refractivity (Wildman–Crippen MR) is 71.7 cm³/mol. The lowest BCUT2D eigenvalue weighted by atomic mass is 10.2. The number of carboxylic acid groups (broad SMARTS) is 1. The van der Waals surface area contributed by atoms with Gasteiger partial charge in [-0.15, -0.1) is 0 Å². The fourth-order valence-electron chi connectivity index (χ4n) is 1.85. The summed E-state index contributed by atoms with van der Waals surface area (Å²) in [6.07, 6.45) is 0. The standard InChI is InChI=1S/C14H15NO5/c1-8-3-4-11-9(5-8)6-12(20-11)13(16)15-10(7-19-2)14(17)18/h3-6,10H,7H2,1-2H3,(H,15,16)(H,17,18). The number of hydrogen-bond donors (Lipinski definition) is 2. The van der Waals surface area contributed by atoms with Gasteiger partial charge in [-0.3, -0.25) is 4.79 Å². The predicted octanol–water partition coefficient (Wildman–Crippen LogP) is 1.57. The van der Waals surface area contributed by atoms with E-state index in [1.807, 2.05) is 19.1 Å². The number of amides is 1. The second kappa shape index (κ2) is 5.75. The summed E-state index contributed by atoms with van der Waals surface area (Å²) in [7, 11) is 1.37. The van der Waals surface area contributed by atoms with Gasteiger partial charge < -0.3 is 19.6 Å². The number of carbonyl (C=O) groups excluding carboxylic acids is 1. The minimum Gasteiger partial charge on any atom is -0.480 e. The van der Waals surface area contributed by atoms with Gasteiger partial charge in [-0.1, -0.05) is 11.6 Å². The Balaban J connectivity index is 2.20. The molecule has 106 valence electrons. The highest BCUT2D eigenvalue weighted by Gasteiger charge is 2.22. The van der Waals surface area contributed by atoms with Crippen LogP contribution in [0.1, 0.15) is 16.1 Å². The van der Waals surface area contributed by atoms with Crippen molar-refractivity contribution >= 4 is 22.8 Å². The van der Waals surface area contributed by atoms with Crippen LogP contribution in [0.3, 0.4) is 0 Å². The zero-order chi connectivity index (χ0) is 14.7. The maximum Gasteiger partial charge on any atom is 0.328 e. The molecule has 2 N–H and O–H groups in total. The van der Waals surface area contributed by atoms with E-state index in [2.05, 4.69) is 5.32 Å². The molecule has 2 rings (SSSR count). The SMILES string of the molecule is COCC(NC(=O)c1cc2cc(C)ccc2o1)C(=O)O. The smallest absolute Gasteiger partial charge is 0.328 e. The van der Waals surface area contributed by atoms with Crippen LogP contribution in [0, 0.1) is 6.92 Å². The molecule has 0 bridgehead atoms. The summed E-state index contributed by atoms with van der Waals surface area (Å²) in [4.78, 5) is 22.9. The molecule has 2 aromatic rings. The molecule has 1 aromatic heterocycles. The minimum absolute atomic E-state index is 0.0768. The molecule has 6 heteroatoms. The van der Waals surface area contributed by atoms with Crippen molar-refractivity contribution in [3.63, 3.8) is 0 Å². The van der Waals surface area contributed by atoms with Gasteiger partial charge in [0.2, 0.25) is 0 Å². The van der Waals surface area contributed by atoms with Crippen molar-refractivity contribution in [1.29, 1.82) is 0 Å². The number of aryl methyl sites for hydroxylation is 1. The molecular formula is C14H15NO5. The molecule has 1 aromatic carbocycles. The summed E-state index contributed by atoms with van der Waals surface area (Å²) < 4.78 is 10.1. The van der Waals surface area contributed by atoms with Crippen LogP contribution in [0.25, 0.3) is 11.0 Å². The largest absolute Gasteiger partial charge is 0.480 e. The number of methoxy groups -OCH3 is 1. The van der Waals surface area contributed by atoms with Crippen LogP contribution in [-0.2, 0) is 9.53 Å². The van der Waals surface area contributed by atoms with Crippen LogP contribution in [0.15, 0.2) is 28.7 Å². The molecule has 1 unspecified atom stereocenters. The topological polar surface area (TPSA) is 88.8 Å². The van der Waals surface area contributed by atoms with Crippen molar-refractivity contribution < 1.29 is 23.8 Å². The number of furan rings is 1. The first kappa shape index (κ1) is 14.1. The normalized spacial score (nSPS) is 12.3. The second-order valence-corrected chi connectivity index (χ2v) is 4.47. The van der Waals surface area contributed by atoms with Crippen LogP contribution >= 0.6 is 0 Å². The van der Waals surface area contributed by atoms with Crippen molar-refractivity contribution in [2.45, 2.75) is 13.0 Å². The van der Waals surface area contributed by atoms with Gasteiger partial charge in [0.1, 0.15) is 5.58 Å². The molecule has 0 saturated heterocycles. The lowest BCUT2D eigenvalue weighted by Gasteiger charge is -2.11. The van der Waals surface area contributed by atoms with Crippen molar-refractivity contribution in [1.82, 2.24) is 5.32 Å². The number of aliphatic carboxylic acids is 1. The number of hydrogen-bond acceptors (Lipinski definition) is 4. The first-order chi connectivity index (χ1) is 9.51. The second-order valence-electron chi connectivity index (χ2n) is 4.47. The van der Waals surface area contributed by atoms with Crippen molar-refractivity contribution in [2.75, 3.05) is 13.7 Å². The molecule has 0 spiro atoms. The zero-order valence-corrected chi connectivity index (χ0v) is 11.2. The highest BCUT2D eigenvalue weighted by atomic mass is 16.5. The summed E-state index contributed by atoms with van der Waals surface area (Å²) in [5, 5.41) is 12.1. The van der Waals surface area contributed by atoms with E-state index in [0.717, 1.165) is 10.9 Å². The molecule has 20 heavy (non-hydrogen) atoms. The zero-order valence-electron chi connectivity index (χ0n) is 11.2. The number of benzene rings is 1. The van der Waals surface area contributed by atoms with Gasteiger partial charge in [-0.05, 0) is 25.1 Å². The average Bonchev–Trinajstić information content (AvgIpc) is 2.80. The highest BCUT2D eigenvalue weighted by Crippen LogP contribution is 2.20. The van der Waals surface area contributed by atoms with Crippen LogP contribution < -0.4 is 5.32 Å². The number of rotatable bonds is 5. The summed E-state index contributed by atoms with van der Waals surface area (Å²) in [5.41, 5.74) is 1.63. The van der Waals surface area contributed by atoms with E-state index in [-0.39, 0.29) is 12.4 Å². The van der Waals surface area contributed by atoms with Gasteiger partial charge in [0, 0.05) is 12.5 Å². The van der Waals surface area contributed by atoms with Crippen molar-refractivity contribution in [2.24, 2.45) is 0 Å². The molecule has 0 saturated carbocycles. The Labute approximate surface area is 115 Å². The molecule has 0 aliphatic heterocycles. The van der Waals surface area contributed by atoms with Crippen LogP contribution in [-0.4, -0.2) is 36.7 Å². The van der Waals surface area contributed by atoms with Crippen LogP contribution in [0.2, 0.25) is 0 Å². The molecule has 0 aliphatic rings. The van der Waals surface area contributed by atoms with E-state index in [1.54, 1.807) is 12.1 Å². The summed E-state index contributed by atoms with van der Waals surface area (Å²) >= 11 is 0. The molecule has 1 amide bonds. The van der Waals surface area contributed by atoms with Gasteiger partial charge in [0.25, 0.3) is 5.91 Å². The van der Waals surface area contributed by atoms with E-state index in [4.69, 9.17) is 14.3 Å². The minimum atomic E-state index is -1.16. The molecular weight excluding hydrogens is 262 g/mol. The molecule has 0 aliphatic carbocycles. The number of carboxylic acids is 1. The van der Waals surface area contributed by atoms with Crippen LogP contribution in [0.4, 0.5) is 0 Å². The van der Waals surface area contributed by atoms with Gasteiger partial charge >= 0.3 is 5.97 Å². The van der Waals surface area contributed by atoms with Gasteiger partial charge in [0.05, 0.1) is 6.61 Å². The number of nitrogens with one attached hydrogen (secondary N) is 1. The summed E-state index contributed by atoms with van der Waals surface area (Å²) in [6.45, 7) is 1.83. The Morgan fingerprint density at radius 1 is 1.40 bits per heavy atom. The molecule has 0 radical (unpaired) electrons. The third kappa shape index (κ3) is 2.97. The highest BCUT2D eigenvalue weighted by molar-refractivity contribution is 5.98. The maximum atomic E-state index is 12.0. The van der Waals surface area contributed by atoms with Gasteiger partial charge in [-0.2, -0.15) is 0 Å². The van der Waals surface area contributed by atoms with E-state index in [1.165, 1.54) is 7.11 Å². The van der Waals surface area contributed by atoms with Crippen LogP contribution in [0.5, 0.6) is 0 Å². The quantitative estimate of drug-likeness (QED) is 0.866. The third-order valence-electron chi connectivity index (χ3n) is 2.83. The maximum absolute atomic E-state index is 12.0. The Kier molecular flexibility index (Phi) is 4.05. The molecule has 1 atom stereocenters. The first-order valence-corrected chi connectivity index (χ1v) is 6.04. The number of fused-ring (bicyclic) bond motifs is 1. The fourth-order valence-corrected chi connectivity index (χ4v) is 1.85. The Morgan fingerprint density at radius 3 is 2.80 bits per heavy atom. The average molecular weight is 277 g/mol. The van der Waals surface area contributed by atoms with Crippen molar-refractivity contribution in [3.05, 3.63) is 35.6 Å². The lowest BCUT2D eigenvalue weighted by Crippen LogP contribution is -2.43. The Morgan fingerprint density at radius 2 is 2.15 bits per heavy atom. The van der Waals surface area contributed by atoms with Gasteiger partial charge in [-0.25, -0.2) is 4.79 Å². The number of carbonyl (C=O) groups is 2. The molecule has 1 heterocycles. The van der Waals surface area contributed by atoms with Crippen molar-refractivity contribution in [3.8, 4) is 0 Å².